The minimum absolute atomic E-state index is 0.0169. The van der Waals surface area contributed by atoms with Crippen LogP contribution in [0, 0.1) is 11.7 Å². The SMILES string of the molecule is CC(=O)N1CCCCC[C@@H]2[C@@H]1[C@H](c1cccc(F)c1)CN2C(=O)C1CCC1. The first-order valence-electron chi connectivity index (χ1n) is 10.4. The van der Waals surface area contributed by atoms with Gasteiger partial charge in [0.15, 0.2) is 0 Å². The summed E-state index contributed by atoms with van der Waals surface area (Å²) in [7, 11) is 0. The van der Waals surface area contributed by atoms with E-state index in [1.54, 1.807) is 19.1 Å². The van der Waals surface area contributed by atoms with E-state index in [-0.39, 0.29) is 41.6 Å². The zero-order chi connectivity index (χ0) is 19.0. The predicted octanol–water partition coefficient (Wildman–Crippen LogP) is 3.71. The number of carbonyl (C=O) groups excluding carboxylic acids is 2. The molecule has 5 heteroatoms. The smallest absolute Gasteiger partial charge is 0.226 e. The number of hydrogen-bond acceptors (Lipinski definition) is 2. The molecule has 3 atom stereocenters. The minimum Gasteiger partial charge on any atom is -0.337 e. The number of fused-ring (bicyclic) bond motifs is 1. The fourth-order valence-corrected chi connectivity index (χ4v) is 5.17. The topological polar surface area (TPSA) is 40.6 Å². The van der Waals surface area contributed by atoms with Gasteiger partial charge in [-0.3, -0.25) is 9.59 Å². The van der Waals surface area contributed by atoms with Crippen molar-refractivity contribution in [2.45, 2.75) is 69.9 Å². The lowest BCUT2D eigenvalue weighted by atomic mass is 9.84. The maximum atomic E-state index is 13.9. The molecule has 1 aliphatic carbocycles. The van der Waals surface area contributed by atoms with Crippen molar-refractivity contribution < 1.29 is 14.0 Å². The van der Waals surface area contributed by atoms with Gasteiger partial charge in [0.05, 0.1) is 12.1 Å². The molecule has 3 fully saturated rings. The van der Waals surface area contributed by atoms with Gasteiger partial charge >= 0.3 is 0 Å². The zero-order valence-electron chi connectivity index (χ0n) is 16.1. The Hall–Kier alpha value is -1.91. The number of likely N-dealkylation sites (tertiary alicyclic amines) is 2. The van der Waals surface area contributed by atoms with Gasteiger partial charge in [-0.05, 0) is 43.4 Å². The maximum absolute atomic E-state index is 13.9. The molecule has 4 rings (SSSR count). The summed E-state index contributed by atoms with van der Waals surface area (Å²) in [5.74, 6) is 0.184. The summed E-state index contributed by atoms with van der Waals surface area (Å²) >= 11 is 0. The molecule has 1 aromatic carbocycles. The van der Waals surface area contributed by atoms with Crippen molar-refractivity contribution >= 4 is 11.8 Å². The molecule has 0 N–H and O–H groups in total. The van der Waals surface area contributed by atoms with Crippen molar-refractivity contribution in [3.05, 3.63) is 35.6 Å². The lowest BCUT2D eigenvalue weighted by molar-refractivity contribution is -0.141. The van der Waals surface area contributed by atoms with Crippen LogP contribution < -0.4 is 0 Å². The lowest BCUT2D eigenvalue weighted by Gasteiger charge is -2.40. The summed E-state index contributed by atoms with van der Waals surface area (Å²) in [6.45, 7) is 2.95. The van der Waals surface area contributed by atoms with Crippen molar-refractivity contribution in [1.82, 2.24) is 9.80 Å². The normalized spacial score (nSPS) is 28.9. The van der Waals surface area contributed by atoms with Gasteiger partial charge in [0.25, 0.3) is 0 Å². The largest absolute Gasteiger partial charge is 0.337 e. The van der Waals surface area contributed by atoms with E-state index in [1.165, 1.54) is 6.07 Å². The summed E-state index contributed by atoms with van der Waals surface area (Å²) in [6.07, 6.45) is 7.18. The first kappa shape index (κ1) is 18.5. The monoisotopic (exact) mass is 372 g/mol. The van der Waals surface area contributed by atoms with Crippen molar-refractivity contribution in [3.63, 3.8) is 0 Å². The molecular formula is C22H29FN2O2. The van der Waals surface area contributed by atoms with E-state index in [4.69, 9.17) is 0 Å². The van der Waals surface area contributed by atoms with Crippen molar-refractivity contribution in [2.24, 2.45) is 5.92 Å². The Morgan fingerprint density at radius 3 is 2.52 bits per heavy atom. The van der Waals surface area contributed by atoms with E-state index >= 15 is 0 Å². The second-order valence-electron chi connectivity index (χ2n) is 8.40. The van der Waals surface area contributed by atoms with E-state index < -0.39 is 0 Å². The third kappa shape index (κ3) is 3.48. The van der Waals surface area contributed by atoms with Crippen LogP contribution in [0.1, 0.15) is 63.4 Å². The number of amides is 2. The van der Waals surface area contributed by atoms with E-state index in [9.17, 15) is 14.0 Å². The van der Waals surface area contributed by atoms with Crippen LogP contribution in [0.4, 0.5) is 4.39 Å². The molecule has 2 amide bonds. The molecule has 0 radical (unpaired) electrons. The highest BCUT2D eigenvalue weighted by atomic mass is 19.1. The Morgan fingerprint density at radius 2 is 1.85 bits per heavy atom. The summed E-state index contributed by atoms with van der Waals surface area (Å²) in [5, 5.41) is 0. The number of benzene rings is 1. The molecule has 2 heterocycles. The molecule has 2 aliphatic heterocycles. The first-order valence-corrected chi connectivity index (χ1v) is 10.4. The van der Waals surface area contributed by atoms with Crippen LogP contribution in [0.25, 0.3) is 0 Å². The Labute approximate surface area is 160 Å². The number of halogens is 1. The Kier molecular flexibility index (Phi) is 5.20. The summed E-state index contributed by atoms with van der Waals surface area (Å²) in [5.41, 5.74) is 0.903. The summed E-state index contributed by atoms with van der Waals surface area (Å²) in [4.78, 5) is 29.6. The van der Waals surface area contributed by atoms with E-state index in [1.807, 2.05) is 15.9 Å². The van der Waals surface area contributed by atoms with Gasteiger partial charge in [0.1, 0.15) is 5.82 Å². The molecule has 27 heavy (non-hydrogen) atoms. The summed E-state index contributed by atoms with van der Waals surface area (Å²) < 4.78 is 13.9. The molecule has 4 nitrogen and oxygen atoms in total. The van der Waals surface area contributed by atoms with Crippen LogP contribution >= 0.6 is 0 Å². The molecule has 0 unspecified atom stereocenters. The molecule has 0 aromatic heterocycles. The average molecular weight is 372 g/mol. The summed E-state index contributed by atoms with van der Waals surface area (Å²) in [6, 6.07) is 6.71. The molecule has 146 valence electrons. The lowest BCUT2D eigenvalue weighted by Crippen LogP contribution is -2.52. The number of hydrogen-bond donors (Lipinski definition) is 0. The Balaban J connectivity index is 1.72. The van der Waals surface area contributed by atoms with Gasteiger partial charge < -0.3 is 9.80 Å². The van der Waals surface area contributed by atoms with Crippen LogP contribution in [0.2, 0.25) is 0 Å². The molecule has 0 spiro atoms. The third-order valence-corrected chi connectivity index (χ3v) is 6.78. The first-order chi connectivity index (χ1) is 13.1. The molecule has 1 saturated carbocycles. The van der Waals surface area contributed by atoms with Gasteiger partial charge in [-0.25, -0.2) is 4.39 Å². The van der Waals surface area contributed by atoms with Crippen LogP contribution in [0.3, 0.4) is 0 Å². The average Bonchev–Trinajstić information content (AvgIpc) is 2.91. The molecule has 3 aliphatic rings. The quantitative estimate of drug-likeness (QED) is 0.794. The van der Waals surface area contributed by atoms with Gasteiger partial charge in [-0.15, -0.1) is 0 Å². The molecule has 1 aromatic rings. The fourth-order valence-electron chi connectivity index (χ4n) is 5.17. The second kappa shape index (κ2) is 7.61. The number of nitrogens with zero attached hydrogens (tertiary/aromatic N) is 2. The van der Waals surface area contributed by atoms with Gasteiger partial charge in [0.2, 0.25) is 11.8 Å². The third-order valence-electron chi connectivity index (χ3n) is 6.78. The van der Waals surface area contributed by atoms with Crippen molar-refractivity contribution in [2.75, 3.05) is 13.1 Å². The van der Waals surface area contributed by atoms with E-state index in [2.05, 4.69) is 0 Å². The van der Waals surface area contributed by atoms with Crippen molar-refractivity contribution in [3.8, 4) is 0 Å². The van der Waals surface area contributed by atoms with Crippen LogP contribution in [0.5, 0.6) is 0 Å². The Morgan fingerprint density at radius 1 is 1.04 bits per heavy atom. The maximum Gasteiger partial charge on any atom is 0.226 e. The highest BCUT2D eigenvalue weighted by molar-refractivity contribution is 5.81. The highest BCUT2D eigenvalue weighted by Gasteiger charge is 2.49. The fraction of sp³-hybridized carbons (Fsp3) is 0.636. The van der Waals surface area contributed by atoms with Gasteiger partial charge in [0, 0.05) is 31.8 Å². The molecule has 0 bridgehead atoms. The van der Waals surface area contributed by atoms with Gasteiger partial charge in [-0.2, -0.15) is 0 Å². The van der Waals surface area contributed by atoms with E-state index in [0.717, 1.165) is 57.1 Å². The standard InChI is InChI=1S/C22H29FN2O2/c1-15(26)24-12-4-2-3-11-20-21(24)19(17-9-6-10-18(23)13-17)14-25(20)22(27)16-7-5-8-16/h6,9-10,13,16,19-21H,2-5,7-8,11-12,14H2,1H3/t19-,20+,21-/m0/s1. The van der Waals surface area contributed by atoms with Crippen molar-refractivity contribution in [1.29, 1.82) is 0 Å². The second-order valence-corrected chi connectivity index (χ2v) is 8.40. The predicted molar refractivity (Wildman–Crippen MR) is 102 cm³/mol. The van der Waals surface area contributed by atoms with E-state index in [0.29, 0.717) is 6.54 Å². The number of carbonyl (C=O) groups is 2. The van der Waals surface area contributed by atoms with Gasteiger partial charge in [-0.1, -0.05) is 31.4 Å². The minimum atomic E-state index is -0.256. The Bertz CT molecular complexity index is 718. The van der Waals surface area contributed by atoms with Crippen LogP contribution in [-0.4, -0.2) is 46.8 Å². The zero-order valence-corrected chi connectivity index (χ0v) is 16.1. The molecule has 2 saturated heterocycles. The number of rotatable bonds is 2. The highest BCUT2D eigenvalue weighted by Crippen LogP contribution is 2.41. The van der Waals surface area contributed by atoms with Crippen LogP contribution in [-0.2, 0) is 9.59 Å². The molecular weight excluding hydrogens is 343 g/mol. The van der Waals surface area contributed by atoms with Crippen LogP contribution in [0.15, 0.2) is 24.3 Å².